The van der Waals surface area contributed by atoms with Gasteiger partial charge in [0.05, 0.1) is 12.1 Å². The number of hydrogen-bond donors (Lipinski definition) is 0. The number of carbonyl (C=O) groups excluding carboxylic acids is 2. The van der Waals surface area contributed by atoms with Crippen LogP contribution in [0, 0.1) is 6.92 Å². The van der Waals surface area contributed by atoms with Crippen LogP contribution in [0.4, 0.5) is 0 Å². The highest BCUT2D eigenvalue weighted by molar-refractivity contribution is 7.15. The SMILES string of the molecule is Cc1csc2nc(COC(=O)CCC(=O)c3ccc4c(c3)CCCC4)cc(=O)n12. The molecule has 0 N–H and O–H groups in total. The fourth-order valence-corrected chi connectivity index (χ4v) is 4.56. The Morgan fingerprint density at radius 2 is 1.93 bits per heavy atom. The first kappa shape index (κ1) is 19.5. The molecule has 0 atom stereocenters. The minimum Gasteiger partial charge on any atom is -0.459 e. The number of ether oxygens (including phenoxy) is 1. The number of benzene rings is 1. The number of fused-ring (bicyclic) bond motifs is 2. The van der Waals surface area contributed by atoms with Crippen LogP contribution in [0.3, 0.4) is 0 Å². The van der Waals surface area contributed by atoms with Crippen LogP contribution >= 0.6 is 11.3 Å². The van der Waals surface area contributed by atoms with Gasteiger partial charge in [0.2, 0.25) is 0 Å². The van der Waals surface area contributed by atoms with Crippen molar-refractivity contribution >= 4 is 28.1 Å². The Kier molecular flexibility index (Phi) is 5.58. The molecule has 0 spiro atoms. The topological polar surface area (TPSA) is 77.7 Å². The average molecular weight is 410 g/mol. The lowest BCUT2D eigenvalue weighted by Gasteiger charge is -2.16. The fraction of sp³-hybridized carbons (Fsp3) is 0.364. The number of aryl methyl sites for hydroxylation is 3. The minimum absolute atomic E-state index is 0.00918. The van der Waals surface area contributed by atoms with E-state index in [-0.39, 0.29) is 30.8 Å². The van der Waals surface area contributed by atoms with Crippen molar-refractivity contribution < 1.29 is 14.3 Å². The van der Waals surface area contributed by atoms with Gasteiger partial charge in [-0.1, -0.05) is 12.1 Å². The maximum absolute atomic E-state index is 12.4. The zero-order valence-electron chi connectivity index (χ0n) is 16.3. The van der Waals surface area contributed by atoms with E-state index in [1.807, 2.05) is 30.5 Å². The summed E-state index contributed by atoms with van der Waals surface area (Å²) >= 11 is 1.36. The molecule has 1 aliphatic carbocycles. The molecule has 0 saturated carbocycles. The lowest BCUT2D eigenvalue weighted by molar-refractivity contribution is -0.145. The molecule has 2 heterocycles. The number of Topliss-reactive ketones (excluding diaryl/α,β-unsaturated/α-hetero) is 1. The third kappa shape index (κ3) is 4.29. The first-order chi connectivity index (χ1) is 14.0. The van der Waals surface area contributed by atoms with Gasteiger partial charge in [0.1, 0.15) is 6.61 Å². The van der Waals surface area contributed by atoms with E-state index in [2.05, 4.69) is 4.98 Å². The maximum Gasteiger partial charge on any atom is 0.306 e. The molecule has 150 valence electrons. The van der Waals surface area contributed by atoms with Crippen LogP contribution in [-0.2, 0) is 29.0 Å². The molecule has 6 nitrogen and oxygen atoms in total. The van der Waals surface area contributed by atoms with E-state index >= 15 is 0 Å². The largest absolute Gasteiger partial charge is 0.459 e. The highest BCUT2D eigenvalue weighted by Gasteiger charge is 2.15. The Hall–Kier alpha value is -2.80. The van der Waals surface area contributed by atoms with Crippen molar-refractivity contribution in [2.45, 2.75) is 52.1 Å². The molecule has 0 bridgehead atoms. The van der Waals surface area contributed by atoms with E-state index in [9.17, 15) is 14.4 Å². The van der Waals surface area contributed by atoms with E-state index in [0.29, 0.717) is 16.2 Å². The molecule has 0 fully saturated rings. The Labute approximate surface area is 172 Å². The highest BCUT2D eigenvalue weighted by atomic mass is 32.1. The van der Waals surface area contributed by atoms with Crippen LogP contribution < -0.4 is 5.56 Å². The number of ketones is 1. The Bertz CT molecular complexity index is 1150. The molecule has 3 aromatic rings. The van der Waals surface area contributed by atoms with Crippen molar-refractivity contribution in [2.75, 3.05) is 0 Å². The van der Waals surface area contributed by atoms with Gasteiger partial charge in [-0.05, 0) is 49.8 Å². The zero-order chi connectivity index (χ0) is 20.4. The average Bonchev–Trinajstić information content (AvgIpc) is 3.11. The van der Waals surface area contributed by atoms with Crippen LogP contribution in [-0.4, -0.2) is 21.1 Å². The van der Waals surface area contributed by atoms with Gasteiger partial charge in [0, 0.05) is 29.1 Å². The first-order valence-corrected chi connectivity index (χ1v) is 10.7. The molecule has 7 heteroatoms. The maximum atomic E-state index is 12.4. The van der Waals surface area contributed by atoms with E-state index in [0.717, 1.165) is 25.0 Å². The summed E-state index contributed by atoms with van der Waals surface area (Å²) in [5.74, 6) is -0.525. The second-order valence-corrected chi connectivity index (χ2v) is 8.19. The van der Waals surface area contributed by atoms with E-state index in [4.69, 9.17) is 4.74 Å². The molecule has 0 radical (unpaired) electrons. The van der Waals surface area contributed by atoms with Gasteiger partial charge in [0.15, 0.2) is 10.7 Å². The summed E-state index contributed by atoms with van der Waals surface area (Å²) in [6, 6.07) is 7.23. The Balaban J connectivity index is 1.32. The summed E-state index contributed by atoms with van der Waals surface area (Å²) < 4.78 is 6.74. The number of rotatable bonds is 6. The summed E-state index contributed by atoms with van der Waals surface area (Å²) in [7, 11) is 0. The van der Waals surface area contributed by atoms with Crippen LogP contribution in [0.2, 0.25) is 0 Å². The third-order valence-corrected chi connectivity index (χ3v) is 6.18. The highest BCUT2D eigenvalue weighted by Crippen LogP contribution is 2.23. The van der Waals surface area contributed by atoms with Gasteiger partial charge in [-0.25, -0.2) is 4.98 Å². The third-order valence-electron chi connectivity index (χ3n) is 5.24. The van der Waals surface area contributed by atoms with Crippen LogP contribution in [0.5, 0.6) is 0 Å². The zero-order valence-corrected chi connectivity index (χ0v) is 17.1. The van der Waals surface area contributed by atoms with Crippen LogP contribution in [0.15, 0.2) is 34.4 Å². The normalized spacial score (nSPS) is 13.3. The van der Waals surface area contributed by atoms with Crippen molar-refractivity contribution in [1.82, 2.24) is 9.38 Å². The monoisotopic (exact) mass is 410 g/mol. The van der Waals surface area contributed by atoms with Crippen molar-refractivity contribution in [2.24, 2.45) is 0 Å². The fourth-order valence-electron chi connectivity index (χ4n) is 3.67. The number of nitrogens with zero attached hydrogens (tertiary/aromatic N) is 2. The number of aromatic nitrogens is 2. The molecule has 1 aromatic carbocycles. The summed E-state index contributed by atoms with van der Waals surface area (Å²) in [5.41, 5.74) is 4.28. The van der Waals surface area contributed by atoms with Crippen LogP contribution in [0.1, 0.15) is 58.6 Å². The molecule has 2 aromatic heterocycles. The van der Waals surface area contributed by atoms with Gasteiger partial charge < -0.3 is 4.74 Å². The molecule has 0 amide bonds. The number of thiazole rings is 1. The molecule has 29 heavy (non-hydrogen) atoms. The lowest BCUT2D eigenvalue weighted by atomic mass is 9.89. The van der Waals surface area contributed by atoms with Crippen LogP contribution in [0.25, 0.3) is 4.96 Å². The van der Waals surface area contributed by atoms with E-state index < -0.39 is 5.97 Å². The molecular weight excluding hydrogens is 388 g/mol. The summed E-state index contributed by atoms with van der Waals surface area (Å²) in [6.07, 6.45) is 4.56. The Morgan fingerprint density at radius 1 is 1.14 bits per heavy atom. The number of carbonyl (C=O) groups is 2. The number of esters is 1. The van der Waals surface area contributed by atoms with E-state index in [1.165, 1.54) is 39.4 Å². The summed E-state index contributed by atoms with van der Waals surface area (Å²) in [6.45, 7) is 1.76. The molecule has 4 rings (SSSR count). The van der Waals surface area contributed by atoms with Gasteiger partial charge in [-0.3, -0.25) is 18.8 Å². The number of hydrogen-bond acceptors (Lipinski definition) is 6. The predicted molar refractivity (Wildman–Crippen MR) is 111 cm³/mol. The second-order valence-electron chi connectivity index (χ2n) is 7.36. The smallest absolute Gasteiger partial charge is 0.306 e. The molecular formula is C22H22N2O4S. The van der Waals surface area contributed by atoms with Gasteiger partial charge in [0.25, 0.3) is 5.56 Å². The minimum atomic E-state index is -0.472. The van der Waals surface area contributed by atoms with Crippen molar-refractivity contribution in [3.8, 4) is 0 Å². The van der Waals surface area contributed by atoms with Gasteiger partial charge >= 0.3 is 5.97 Å². The molecule has 0 aliphatic heterocycles. The molecule has 0 unspecified atom stereocenters. The predicted octanol–water partition coefficient (Wildman–Crippen LogP) is 3.65. The standard InChI is InChI=1S/C22H22N2O4S/c1-14-13-29-22-23-18(11-20(26)24(14)22)12-28-21(27)9-8-19(25)17-7-6-15-4-2-3-5-16(15)10-17/h6-7,10-11,13H,2-5,8-9,12H2,1H3. The summed E-state index contributed by atoms with van der Waals surface area (Å²) in [5, 5.41) is 1.85. The van der Waals surface area contributed by atoms with E-state index in [1.54, 1.807) is 0 Å². The molecule has 0 saturated heterocycles. The quantitative estimate of drug-likeness (QED) is 0.458. The first-order valence-electron chi connectivity index (χ1n) is 9.78. The van der Waals surface area contributed by atoms with Crippen molar-refractivity contribution in [1.29, 1.82) is 0 Å². The van der Waals surface area contributed by atoms with Gasteiger partial charge in [-0.2, -0.15) is 0 Å². The Morgan fingerprint density at radius 3 is 2.76 bits per heavy atom. The molecule has 1 aliphatic rings. The second kappa shape index (κ2) is 8.29. The van der Waals surface area contributed by atoms with Crippen molar-refractivity contribution in [3.63, 3.8) is 0 Å². The van der Waals surface area contributed by atoms with Gasteiger partial charge in [-0.15, -0.1) is 11.3 Å². The lowest BCUT2D eigenvalue weighted by Crippen LogP contribution is -2.16. The summed E-state index contributed by atoms with van der Waals surface area (Å²) in [4.78, 5) is 41.6. The van der Waals surface area contributed by atoms with Crippen molar-refractivity contribution in [3.05, 3.63) is 68.1 Å².